The lowest BCUT2D eigenvalue weighted by Crippen LogP contribution is -2.41. The second kappa shape index (κ2) is 6.80. The minimum Gasteiger partial charge on any atom is -0.444 e. The SMILES string of the molecule is CC(C)(C)OC(=O)N[C@H]1COCc2ccc(B3OC(C)(C)C(C)(C)O3)cc21. The Morgan fingerprint density at radius 1 is 1.19 bits per heavy atom. The molecule has 0 bridgehead atoms. The van der Waals surface area contributed by atoms with Crippen LogP contribution in [0.3, 0.4) is 0 Å². The first-order chi connectivity index (χ1) is 12.4. The van der Waals surface area contributed by atoms with Gasteiger partial charge in [0.15, 0.2) is 0 Å². The van der Waals surface area contributed by atoms with Gasteiger partial charge in [-0.3, -0.25) is 0 Å². The van der Waals surface area contributed by atoms with Gasteiger partial charge in [-0.1, -0.05) is 18.2 Å². The fraction of sp³-hybridized carbons (Fsp3) is 0.650. The quantitative estimate of drug-likeness (QED) is 0.805. The molecule has 0 saturated carbocycles. The van der Waals surface area contributed by atoms with E-state index in [1.165, 1.54) is 0 Å². The van der Waals surface area contributed by atoms with Crippen LogP contribution in [-0.4, -0.2) is 36.6 Å². The standard InChI is InChI=1S/C20H30BNO5/c1-18(2,3)25-17(23)22-16-12-24-11-13-8-9-14(10-15(13)16)21-26-19(4,5)20(6,7)27-21/h8-10,16H,11-12H2,1-7H3,(H,22,23)/t16-/m0/s1. The molecular formula is C20H30BNO5. The van der Waals surface area contributed by atoms with Crippen LogP contribution >= 0.6 is 0 Å². The van der Waals surface area contributed by atoms with Crippen LogP contribution in [0.1, 0.15) is 65.6 Å². The van der Waals surface area contributed by atoms with Crippen molar-refractivity contribution in [1.29, 1.82) is 0 Å². The van der Waals surface area contributed by atoms with Crippen molar-refractivity contribution >= 4 is 18.7 Å². The highest BCUT2D eigenvalue weighted by molar-refractivity contribution is 6.62. The Morgan fingerprint density at radius 3 is 2.41 bits per heavy atom. The molecule has 27 heavy (non-hydrogen) atoms. The molecule has 0 unspecified atom stereocenters. The summed E-state index contributed by atoms with van der Waals surface area (Å²) in [5.74, 6) is 0. The van der Waals surface area contributed by atoms with Gasteiger partial charge in [0, 0.05) is 0 Å². The lowest BCUT2D eigenvalue weighted by atomic mass is 9.77. The Bertz CT molecular complexity index is 710. The number of ether oxygens (including phenoxy) is 2. The normalized spacial score (nSPS) is 23.7. The summed E-state index contributed by atoms with van der Waals surface area (Å²) in [5.41, 5.74) is 1.65. The predicted molar refractivity (Wildman–Crippen MR) is 104 cm³/mol. The van der Waals surface area contributed by atoms with Crippen LogP contribution in [-0.2, 0) is 25.4 Å². The van der Waals surface area contributed by atoms with Gasteiger partial charge < -0.3 is 24.1 Å². The van der Waals surface area contributed by atoms with Crippen LogP contribution < -0.4 is 10.8 Å². The first kappa shape index (κ1) is 20.2. The van der Waals surface area contributed by atoms with E-state index < -0.39 is 30.0 Å². The third-order valence-electron chi connectivity index (χ3n) is 5.30. The molecule has 0 spiro atoms. The van der Waals surface area contributed by atoms with Crippen molar-refractivity contribution in [3.8, 4) is 0 Å². The molecule has 2 aliphatic heterocycles. The molecule has 1 fully saturated rings. The number of carbonyl (C=O) groups is 1. The number of amides is 1. The highest BCUT2D eigenvalue weighted by atomic mass is 16.7. The molecular weight excluding hydrogens is 345 g/mol. The molecule has 6 nitrogen and oxygen atoms in total. The summed E-state index contributed by atoms with van der Waals surface area (Å²) in [7, 11) is -0.440. The monoisotopic (exact) mass is 375 g/mol. The second-order valence-corrected chi connectivity index (χ2v) is 9.26. The molecule has 2 aliphatic rings. The van der Waals surface area contributed by atoms with Gasteiger partial charge in [0.2, 0.25) is 0 Å². The van der Waals surface area contributed by atoms with E-state index in [-0.39, 0.29) is 6.04 Å². The fourth-order valence-corrected chi connectivity index (χ4v) is 3.14. The topological polar surface area (TPSA) is 66.0 Å². The van der Waals surface area contributed by atoms with Gasteiger partial charge in [-0.25, -0.2) is 4.79 Å². The fourth-order valence-electron chi connectivity index (χ4n) is 3.14. The Hall–Kier alpha value is -1.57. The summed E-state index contributed by atoms with van der Waals surface area (Å²) in [4.78, 5) is 12.2. The minimum absolute atomic E-state index is 0.272. The van der Waals surface area contributed by atoms with Gasteiger partial charge in [-0.15, -0.1) is 0 Å². The molecule has 3 rings (SSSR count). The summed E-state index contributed by atoms with van der Waals surface area (Å²) >= 11 is 0. The number of benzene rings is 1. The number of alkyl carbamates (subject to hydrolysis) is 1. The highest BCUT2D eigenvalue weighted by Gasteiger charge is 2.51. The Labute approximate surface area is 162 Å². The summed E-state index contributed by atoms with van der Waals surface area (Å²) in [5, 5.41) is 2.91. The third kappa shape index (κ3) is 4.31. The summed E-state index contributed by atoms with van der Waals surface area (Å²) in [6.45, 7) is 14.6. The number of hydrogen-bond acceptors (Lipinski definition) is 5. The maximum Gasteiger partial charge on any atom is 0.494 e. The minimum atomic E-state index is -0.549. The maximum absolute atomic E-state index is 12.2. The second-order valence-electron chi connectivity index (χ2n) is 9.26. The lowest BCUT2D eigenvalue weighted by molar-refractivity contribution is 0.00578. The first-order valence-electron chi connectivity index (χ1n) is 9.44. The van der Waals surface area contributed by atoms with Crippen molar-refractivity contribution < 1.29 is 23.6 Å². The number of hydrogen-bond donors (Lipinski definition) is 1. The van der Waals surface area contributed by atoms with Gasteiger partial charge in [-0.05, 0) is 65.1 Å². The van der Waals surface area contributed by atoms with Crippen molar-refractivity contribution in [2.24, 2.45) is 0 Å². The van der Waals surface area contributed by atoms with Crippen molar-refractivity contribution in [1.82, 2.24) is 5.32 Å². The zero-order chi connectivity index (χ0) is 20.0. The van der Waals surface area contributed by atoms with E-state index in [2.05, 4.69) is 5.32 Å². The maximum atomic E-state index is 12.2. The Balaban J connectivity index is 1.81. The number of nitrogens with one attached hydrogen (secondary N) is 1. The summed E-state index contributed by atoms with van der Waals surface area (Å²) in [6, 6.07) is 5.78. The van der Waals surface area contributed by atoms with Crippen LogP contribution in [0.25, 0.3) is 0 Å². The zero-order valence-corrected chi connectivity index (χ0v) is 17.3. The van der Waals surface area contributed by atoms with Crippen LogP contribution in [0.5, 0.6) is 0 Å². The Morgan fingerprint density at radius 2 is 1.81 bits per heavy atom. The summed E-state index contributed by atoms with van der Waals surface area (Å²) < 4.78 is 23.3. The van der Waals surface area contributed by atoms with E-state index in [1.807, 2.05) is 66.7 Å². The molecule has 1 saturated heterocycles. The number of fused-ring (bicyclic) bond motifs is 1. The van der Waals surface area contributed by atoms with Crippen molar-refractivity contribution in [2.45, 2.75) is 77.9 Å². The predicted octanol–water partition coefficient (Wildman–Crippen LogP) is 3.08. The van der Waals surface area contributed by atoms with Crippen LogP contribution in [0.4, 0.5) is 4.79 Å². The van der Waals surface area contributed by atoms with Gasteiger partial charge in [0.25, 0.3) is 0 Å². The number of rotatable bonds is 2. The molecule has 148 valence electrons. The molecule has 0 aromatic heterocycles. The largest absolute Gasteiger partial charge is 0.494 e. The third-order valence-corrected chi connectivity index (χ3v) is 5.30. The van der Waals surface area contributed by atoms with E-state index in [4.69, 9.17) is 18.8 Å². The van der Waals surface area contributed by atoms with E-state index in [9.17, 15) is 4.79 Å². The number of carbonyl (C=O) groups excluding carboxylic acids is 1. The van der Waals surface area contributed by atoms with E-state index in [0.717, 1.165) is 16.6 Å². The van der Waals surface area contributed by atoms with Crippen molar-refractivity contribution in [3.63, 3.8) is 0 Å². The molecule has 0 aliphatic carbocycles. The molecule has 7 heteroatoms. The van der Waals surface area contributed by atoms with E-state index in [1.54, 1.807) is 0 Å². The molecule has 1 aromatic carbocycles. The van der Waals surface area contributed by atoms with Gasteiger partial charge in [-0.2, -0.15) is 0 Å². The molecule has 0 radical (unpaired) electrons. The van der Waals surface area contributed by atoms with Gasteiger partial charge in [0.1, 0.15) is 5.60 Å². The van der Waals surface area contributed by atoms with Crippen LogP contribution in [0, 0.1) is 0 Å². The molecule has 1 atom stereocenters. The van der Waals surface area contributed by atoms with E-state index >= 15 is 0 Å². The average molecular weight is 375 g/mol. The highest BCUT2D eigenvalue weighted by Crippen LogP contribution is 2.37. The zero-order valence-electron chi connectivity index (χ0n) is 17.3. The van der Waals surface area contributed by atoms with E-state index in [0.29, 0.717) is 13.2 Å². The van der Waals surface area contributed by atoms with Crippen molar-refractivity contribution in [2.75, 3.05) is 6.61 Å². The molecule has 1 aromatic rings. The Kier molecular flexibility index (Phi) is 5.08. The van der Waals surface area contributed by atoms with Crippen LogP contribution in [0.2, 0.25) is 0 Å². The molecule has 2 heterocycles. The summed E-state index contributed by atoms with van der Waals surface area (Å²) in [6.07, 6.45) is -0.454. The molecule has 1 amide bonds. The average Bonchev–Trinajstić information content (AvgIpc) is 2.73. The smallest absolute Gasteiger partial charge is 0.444 e. The molecule has 1 N–H and O–H groups in total. The van der Waals surface area contributed by atoms with Gasteiger partial charge >= 0.3 is 13.2 Å². The first-order valence-corrected chi connectivity index (χ1v) is 9.44. The van der Waals surface area contributed by atoms with Crippen LogP contribution in [0.15, 0.2) is 18.2 Å². The van der Waals surface area contributed by atoms with Crippen molar-refractivity contribution in [3.05, 3.63) is 29.3 Å². The lowest BCUT2D eigenvalue weighted by Gasteiger charge is -2.32. The van der Waals surface area contributed by atoms with Gasteiger partial charge in [0.05, 0.1) is 30.5 Å².